The zero-order valence-electron chi connectivity index (χ0n) is 14.8. The molecule has 6 nitrogen and oxygen atoms in total. The van der Waals surface area contributed by atoms with Gasteiger partial charge in [-0.3, -0.25) is 9.59 Å². The van der Waals surface area contributed by atoms with Gasteiger partial charge in [-0.15, -0.1) is 11.3 Å². The predicted molar refractivity (Wildman–Crippen MR) is 95.9 cm³/mol. The molecular weight excluding hydrogens is 342 g/mol. The second kappa shape index (κ2) is 7.82. The van der Waals surface area contributed by atoms with E-state index in [1.807, 2.05) is 20.8 Å². The summed E-state index contributed by atoms with van der Waals surface area (Å²) >= 11 is 1.31. The molecule has 136 valence electrons. The minimum Gasteiger partial charge on any atom is -0.481 e. The predicted octanol–water partition coefficient (Wildman–Crippen LogP) is 3.48. The fourth-order valence-corrected chi connectivity index (χ4v) is 3.99. The lowest BCUT2D eigenvalue weighted by Gasteiger charge is -2.29. The van der Waals surface area contributed by atoms with Crippen LogP contribution in [0, 0.1) is 11.8 Å². The van der Waals surface area contributed by atoms with E-state index >= 15 is 0 Å². The molecule has 2 N–H and O–H groups in total. The largest absolute Gasteiger partial charge is 0.481 e. The number of carboxylic acid groups (broad SMARTS) is 1. The Morgan fingerprint density at radius 2 is 1.84 bits per heavy atom. The fourth-order valence-electron chi connectivity index (χ4n) is 3.00. The maximum Gasteiger partial charge on any atom is 0.340 e. The smallest absolute Gasteiger partial charge is 0.340 e. The van der Waals surface area contributed by atoms with E-state index in [0.29, 0.717) is 23.4 Å². The molecule has 0 saturated heterocycles. The summed E-state index contributed by atoms with van der Waals surface area (Å²) in [6, 6.07) is 1.71. The van der Waals surface area contributed by atoms with Crippen molar-refractivity contribution in [3.63, 3.8) is 0 Å². The minimum atomic E-state index is -0.972. The quantitative estimate of drug-likeness (QED) is 0.615. The minimum absolute atomic E-state index is 0.309. The third-order valence-corrected chi connectivity index (χ3v) is 5.89. The molecule has 0 bridgehead atoms. The highest BCUT2D eigenvalue weighted by molar-refractivity contribution is 7.16. The Morgan fingerprint density at radius 1 is 1.24 bits per heavy atom. The lowest BCUT2D eigenvalue weighted by Crippen LogP contribution is -2.36. The molecule has 0 unspecified atom stereocenters. The van der Waals surface area contributed by atoms with E-state index in [1.54, 1.807) is 6.07 Å². The van der Waals surface area contributed by atoms with Gasteiger partial charge in [0, 0.05) is 4.88 Å². The number of methoxy groups -OCH3 is 1. The summed E-state index contributed by atoms with van der Waals surface area (Å²) in [6.07, 6.45) is 1.51. The normalized spacial score (nSPS) is 20.3. The first-order chi connectivity index (χ1) is 11.8. The fraction of sp³-hybridized carbons (Fsp3) is 0.500. The highest BCUT2D eigenvalue weighted by Crippen LogP contribution is 2.36. The van der Waals surface area contributed by atoms with Crippen molar-refractivity contribution >= 4 is 34.2 Å². The number of thiophene rings is 1. The lowest BCUT2D eigenvalue weighted by molar-refractivity contribution is -0.146. The molecule has 0 aromatic carbocycles. The number of rotatable bonds is 5. The summed E-state index contributed by atoms with van der Waals surface area (Å²) in [6.45, 7) is 5.78. The standard InChI is InChI=1S/C18H23NO5S/c1-5-11-8-14(18(23)24-4)16(25-11)19-15(20)12-6-9(2)10(3)7-13(12)17(21)22/h8,12-13H,5-7H2,1-4H3,(H,19,20)(H,21,22)/t12-,13+/m0/s1. The van der Waals surface area contributed by atoms with Crippen LogP contribution in [0.3, 0.4) is 0 Å². The van der Waals surface area contributed by atoms with Gasteiger partial charge in [0.15, 0.2) is 0 Å². The van der Waals surface area contributed by atoms with Crippen LogP contribution in [0.15, 0.2) is 17.2 Å². The SMILES string of the molecule is CCc1cc(C(=O)OC)c(NC(=O)[C@H]2CC(C)=C(C)C[C@H]2C(=O)O)s1. The van der Waals surface area contributed by atoms with E-state index in [1.165, 1.54) is 18.4 Å². The van der Waals surface area contributed by atoms with Gasteiger partial charge < -0.3 is 15.2 Å². The van der Waals surface area contributed by atoms with Crippen LogP contribution in [0.4, 0.5) is 5.00 Å². The van der Waals surface area contributed by atoms with Crippen LogP contribution in [-0.2, 0) is 20.7 Å². The zero-order chi connectivity index (χ0) is 18.7. The number of amides is 1. The number of allylic oxidation sites excluding steroid dienone is 2. The molecule has 2 rings (SSSR count). The molecule has 1 aromatic rings. The number of hydrogen-bond acceptors (Lipinski definition) is 5. The van der Waals surface area contributed by atoms with Crippen LogP contribution in [0.25, 0.3) is 0 Å². The molecule has 0 aliphatic heterocycles. The van der Waals surface area contributed by atoms with Crippen molar-refractivity contribution in [3.8, 4) is 0 Å². The third kappa shape index (κ3) is 4.10. The molecule has 1 aliphatic carbocycles. The second-order valence-electron chi connectivity index (χ2n) is 6.31. The molecule has 7 heteroatoms. The van der Waals surface area contributed by atoms with E-state index in [9.17, 15) is 19.5 Å². The number of hydrogen-bond donors (Lipinski definition) is 2. The topological polar surface area (TPSA) is 92.7 Å². The molecule has 1 amide bonds. The van der Waals surface area contributed by atoms with Crippen molar-refractivity contribution in [2.45, 2.75) is 40.0 Å². The first-order valence-electron chi connectivity index (χ1n) is 8.18. The molecule has 25 heavy (non-hydrogen) atoms. The number of aliphatic carboxylic acids is 1. The first kappa shape index (κ1) is 19.2. The van der Waals surface area contributed by atoms with Crippen LogP contribution >= 0.6 is 11.3 Å². The van der Waals surface area contributed by atoms with Crippen molar-refractivity contribution in [1.29, 1.82) is 0 Å². The number of carboxylic acids is 1. The number of aryl methyl sites for hydroxylation is 1. The number of carbonyl (C=O) groups is 3. The molecule has 0 spiro atoms. The molecule has 1 aliphatic rings. The Morgan fingerprint density at radius 3 is 2.36 bits per heavy atom. The lowest BCUT2D eigenvalue weighted by atomic mass is 9.76. The molecule has 0 fully saturated rings. The van der Waals surface area contributed by atoms with Gasteiger partial charge in [0.25, 0.3) is 0 Å². The van der Waals surface area contributed by atoms with E-state index in [4.69, 9.17) is 4.74 Å². The number of anilines is 1. The Hall–Kier alpha value is -2.15. The molecular formula is C18H23NO5S. The Labute approximate surface area is 150 Å². The maximum absolute atomic E-state index is 12.8. The van der Waals surface area contributed by atoms with Crippen molar-refractivity contribution < 1.29 is 24.2 Å². The van der Waals surface area contributed by atoms with Gasteiger partial charge in [0.1, 0.15) is 5.00 Å². The third-order valence-electron chi connectivity index (χ3n) is 4.69. The Kier molecular flexibility index (Phi) is 6.00. The van der Waals surface area contributed by atoms with Crippen LogP contribution in [0.1, 0.15) is 48.8 Å². The van der Waals surface area contributed by atoms with Crippen molar-refractivity contribution in [2.75, 3.05) is 12.4 Å². The summed E-state index contributed by atoms with van der Waals surface area (Å²) in [4.78, 5) is 37.2. The average Bonchev–Trinajstić information content (AvgIpc) is 2.98. The van der Waals surface area contributed by atoms with Crippen molar-refractivity contribution in [1.82, 2.24) is 0 Å². The Balaban J connectivity index is 2.28. The van der Waals surface area contributed by atoms with Gasteiger partial charge in [-0.2, -0.15) is 0 Å². The summed E-state index contributed by atoms with van der Waals surface area (Å²) in [5.41, 5.74) is 2.38. The van der Waals surface area contributed by atoms with Gasteiger partial charge in [-0.1, -0.05) is 18.1 Å². The van der Waals surface area contributed by atoms with E-state index in [0.717, 1.165) is 22.4 Å². The highest BCUT2D eigenvalue weighted by atomic mass is 32.1. The van der Waals surface area contributed by atoms with E-state index in [2.05, 4.69) is 5.32 Å². The van der Waals surface area contributed by atoms with Crippen molar-refractivity contribution in [3.05, 3.63) is 27.7 Å². The van der Waals surface area contributed by atoms with E-state index < -0.39 is 23.8 Å². The van der Waals surface area contributed by atoms with Crippen LogP contribution in [0.2, 0.25) is 0 Å². The first-order valence-corrected chi connectivity index (χ1v) is 9.00. The van der Waals surface area contributed by atoms with Gasteiger partial charge >= 0.3 is 11.9 Å². The summed E-state index contributed by atoms with van der Waals surface area (Å²) in [5.74, 6) is -3.26. The van der Waals surface area contributed by atoms with Crippen LogP contribution in [0.5, 0.6) is 0 Å². The van der Waals surface area contributed by atoms with Crippen LogP contribution in [-0.4, -0.2) is 30.1 Å². The summed E-state index contributed by atoms with van der Waals surface area (Å²) in [5, 5.41) is 12.7. The van der Waals surface area contributed by atoms with Crippen LogP contribution < -0.4 is 5.32 Å². The molecule has 0 radical (unpaired) electrons. The number of ether oxygens (including phenoxy) is 1. The maximum atomic E-state index is 12.8. The Bertz CT molecular complexity index is 734. The zero-order valence-corrected chi connectivity index (χ0v) is 15.7. The number of nitrogens with one attached hydrogen (secondary N) is 1. The molecule has 1 heterocycles. The van der Waals surface area contributed by atoms with Gasteiger partial charge in [0.05, 0.1) is 24.5 Å². The van der Waals surface area contributed by atoms with Gasteiger partial charge in [-0.05, 0) is 39.2 Å². The molecule has 2 atom stereocenters. The summed E-state index contributed by atoms with van der Waals surface area (Å²) < 4.78 is 4.77. The second-order valence-corrected chi connectivity index (χ2v) is 7.45. The molecule has 0 saturated carbocycles. The summed E-state index contributed by atoms with van der Waals surface area (Å²) in [7, 11) is 1.29. The van der Waals surface area contributed by atoms with Gasteiger partial charge in [-0.25, -0.2) is 4.79 Å². The van der Waals surface area contributed by atoms with Gasteiger partial charge in [0.2, 0.25) is 5.91 Å². The highest BCUT2D eigenvalue weighted by Gasteiger charge is 2.37. The van der Waals surface area contributed by atoms with E-state index in [-0.39, 0.29) is 5.91 Å². The average molecular weight is 365 g/mol. The monoisotopic (exact) mass is 365 g/mol. The number of carbonyl (C=O) groups excluding carboxylic acids is 2. The molecule has 1 aromatic heterocycles. The van der Waals surface area contributed by atoms with Crippen molar-refractivity contribution in [2.24, 2.45) is 11.8 Å². The number of esters is 1.